The maximum absolute atomic E-state index is 13.3. The Bertz CT molecular complexity index is 669. The molecule has 3 N–H and O–H groups in total. The Balaban J connectivity index is 1.85. The largest absolute Gasteiger partial charge is 0.485 e. The predicted molar refractivity (Wildman–Crippen MR) is 91.7 cm³/mol. The van der Waals surface area contributed by atoms with Crippen molar-refractivity contribution in [2.75, 3.05) is 25.0 Å². The van der Waals surface area contributed by atoms with Gasteiger partial charge in [-0.05, 0) is 31.5 Å². The fraction of sp³-hybridized carbons (Fsp3) is 0.529. The first-order chi connectivity index (χ1) is 12.8. The smallest absolute Gasteiger partial charge is 0.319 e. The minimum Gasteiger partial charge on any atom is -0.485 e. The molecule has 2 rings (SSSR count). The number of anilines is 1. The highest BCUT2D eigenvalue weighted by molar-refractivity contribution is 5.91. The molecule has 0 saturated heterocycles. The zero-order valence-electron chi connectivity index (χ0n) is 14.8. The third-order valence-electron chi connectivity index (χ3n) is 4.27. The molecule has 1 aliphatic rings. The number of benzene rings is 1. The second kappa shape index (κ2) is 9.45. The average Bonchev–Trinajstić information content (AvgIpc) is 2.55. The van der Waals surface area contributed by atoms with Crippen LogP contribution in [0.1, 0.15) is 19.8 Å². The van der Waals surface area contributed by atoms with Crippen LogP contribution in [0.4, 0.5) is 23.7 Å². The van der Waals surface area contributed by atoms with Gasteiger partial charge < -0.3 is 20.5 Å². The number of carboxylic acid groups (broad SMARTS) is 1. The first kappa shape index (κ1) is 20.8. The molecule has 10 heteroatoms. The normalized spacial score (nSPS) is 18.9. The van der Waals surface area contributed by atoms with Crippen molar-refractivity contribution in [2.24, 2.45) is 0 Å². The fourth-order valence-electron chi connectivity index (χ4n) is 2.89. The highest BCUT2D eigenvalue weighted by Gasteiger charge is 2.34. The zero-order chi connectivity index (χ0) is 20.0. The van der Waals surface area contributed by atoms with Crippen molar-refractivity contribution in [2.45, 2.75) is 38.3 Å². The number of halogens is 3. The molecule has 0 aliphatic heterocycles. The number of nitrogens with zero attached hydrogens (tertiary/aromatic N) is 1. The van der Waals surface area contributed by atoms with Crippen LogP contribution in [0.3, 0.4) is 0 Å². The lowest BCUT2D eigenvalue weighted by molar-refractivity contribution is -0.139. The first-order valence-corrected chi connectivity index (χ1v) is 8.52. The summed E-state index contributed by atoms with van der Waals surface area (Å²) in [6.45, 7) is 1.49. The van der Waals surface area contributed by atoms with E-state index in [0.717, 1.165) is 12.1 Å². The quantitative estimate of drug-likeness (QED) is 0.604. The Labute approximate surface area is 154 Å². The molecule has 1 fully saturated rings. The molecule has 0 spiro atoms. The lowest BCUT2D eigenvalue weighted by atomic mass is 9.85. The van der Waals surface area contributed by atoms with Gasteiger partial charge >= 0.3 is 12.0 Å². The molecule has 1 saturated carbocycles. The van der Waals surface area contributed by atoms with Crippen LogP contribution in [-0.4, -0.2) is 60.2 Å². The van der Waals surface area contributed by atoms with Crippen molar-refractivity contribution in [1.29, 1.82) is 0 Å². The van der Waals surface area contributed by atoms with Gasteiger partial charge in [0.25, 0.3) is 6.43 Å². The van der Waals surface area contributed by atoms with Gasteiger partial charge in [0.05, 0.1) is 12.2 Å². The predicted octanol–water partition coefficient (Wildman–Crippen LogP) is 2.53. The molecule has 150 valence electrons. The van der Waals surface area contributed by atoms with Crippen LogP contribution in [0.15, 0.2) is 18.2 Å². The van der Waals surface area contributed by atoms with Gasteiger partial charge in [-0.25, -0.2) is 18.0 Å². The Morgan fingerprint density at radius 1 is 1.37 bits per heavy atom. The Morgan fingerprint density at radius 2 is 2.07 bits per heavy atom. The van der Waals surface area contributed by atoms with E-state index in [0.29, 0.717) is 19.4 Å². The maximum atomic E-state index is 13.3. The first-order valence-electron chi connectivity index (χ1n) is 8.52. The molecule has 7 nitrogen and oxygen atoms in total. The third-order valence-corrected chi connectivity index (χ3v) is 4.27. The number of alkyl halides is 2. The fourth-order valence-corrected chi connectivity index (χ4v) is 2.89. The van der Waals surface area contributed by atoms with E-state index < -0.39 is 30.8 Å². The highest BCUT2D eigenvalue weighted by atomic mass is 19.3. The topological polar surface area (TPSA) is 90.9 Å². The number of carboxylic acids is 1. The van der Waals surface area contributed by atoms with Gasteiger partial charge in [-0.15, -0.1) is 0 Å². The monoisotopic (exact) mass is 389 g/mol. The minimum absolute atomic E-state index is 0.0551. The van der Waals surface area contributed by atoms with Crippen LogP contribution in [0.2, 0.25) is 0 Å². The summed E-state index contributed by atoms with van der Waals surface area (Å²) in [5, 5.41) is 14.0. The molecule has 0 unspecified atom stereocenters. The number of nitrogens with one attached hydrogen (secondary N) is 2. The summed E-state index contributed by atoms with van der Waals surface area (Å²) in [5.41, 5.74) is 0.0754. The van der Waals surface area contributed by atoms with Crippen LogP contribution in [0.25, 0.3) is 0 Å². The molecular weight excluding hydrogens is 367 g/mol. The summed E-state index contributed by atoms with van der Waals surface area (Å²) < 4.78 is 42.7. The van der Waals surface area contributed by atoms with Crippen molar-refractivity contribution < 1.29 is 32.6 Å². The Hall–Kier alpha value is -2.49. The van der Waals surface area contributed by atoms with Crippen LogP contribution in [-0.2, 0) is 4.79 Å². The van der Waals surface area contributed by atoms with E-state index in [9.17, 15) is 22.8 Å². The van der Waals surface area contributed by atoms with Gasteiger partial charge in [0.1, 0.15) is 18.2 Å². The molecule has 1 aliphatic carbocycles. The summed E-state index contributed by atoms with van der Waals surface area (Å²) in [5.74, 6) is -1.76. The van der Waals surface area contributed by atoms with E-state index >= 15 is 0 Å². The molecule has 1 aromatic rings. The SMILES string of the molecule is CCN(CC(=O)O)C1CC(NC(=O)Nc2ccc(F)cc2OCC(F)F)C1. The molecule has 27 heavy (non-hydrogen) atoms. The molecule has 0 heterocycles. The molecule has 2 amide bonds. The molecule has 1 aromatic carbocycles. The number of carbonyl (C=O) groups excluding carboxylic acids is 1. The van der Waals surface area contributed by atoms with Gasteiger partial charge in [0.2, 0.25) is 0 Å². The van der Waals surface area contributed by atoms with Gasteiger partial charge in [0.15, 0.2) is 0 Å². The van der Waals surface area contributed by atoms with E-state index in [4.69, 9.17) is 9.84 Å². The minimum atomic E-state index is -2.73. The lowest BCUT2D eigenvalue weighted by Gasteiger charge is -2.42. The van der Waals surface area contributed by atoms with Crippen molar-refractivity contribution in [3.8, 4) is 5.75 Å². The van der Waals surface area contributed by atoms with Gasteiger partial charge in [-0.3, -0.25) is 9.69 Å². The second-order valence-corrected chi connectivity index (χ2v) is 6.22. The van der Waals surface area contributed by atoms with E-state index in [-0.39, 0.29) is 30.1 Å². The van der Waals surface area contributed by atoms with Gasteiger partial charge in [-0.2, -0.15) is 0 Å². The van der Waals surface area contributed by atoms with Crippen LogP contribution in [0, 0.1) is 5.82 Å². The number of hydrogen-bond acceptors (Lipinski definition) is 4. The third kappa shape index (κ3) is 6.31. The van der Waals surface area contributed by atoms with E-state index in [1.165, 1.54) is 6.07 Å². The molecule has 0 bridgehead atoms. The van der Waals surface area contributed by atoms with Crippen molar-refractivity contribution in [3.63, 3.8) is 0 Å². The molecular formula is C17H22F3N3O4. The highest BCUT2D eigenvalue weighted by Crippen LogP contribution is 2.28. The van der Waals surface area contributed by atoms with Crippen molar-refractivity contribution >= 4 is 17.7 Å². The molecule has 0 aromatic heterocycles. The Kier molecular flexibility index (Phi) is 7.28. The summed E-state index contributed by atoms with van der Waals surface area (Å²) in [4.78, 5) is 24.7. The number of ether oxygens (including phenoxy) is 1. The molecule has 0 radical (unpaired) electrons. The number of amides is 2. The number of aliphatic carboxylic acids is 1. The van der Waals surface area contributed by atoms with E-state index in [2.05, 4.69) is 10.6 Å². The number of carbonyl (C=O) groups is 2. The zero-order valence-corrected chi connectivity index (χ0v) is 14.8. The van der Waals surface area contributed by atoms with Crippen molar-refractivity contribution in [3.05, 3.63) is 24.0 Å². The molecule has 0 atom stereocenters. The van der Waals surface area contributed by atoms with Crippen LogP contribution >= 0.6 is 0 Å². The standard InChI is InChI=1S/C17H22F3N3O4/c1-2-23(8-16(24)25)12-6-11(7-12)21-17(26)22-13-4-3-10(18)5-14(13)27-9-15(19)20/h3-5,11-12,15H,2,6-9H2,1H3,(H,24,25)(H2,21,22,26). The van der Waals surface area contributed by atoms with Gasteiger partial charge in [0, 0.05) is 18.2 Å². The summed E-state index contributed by atoms with van der Waals surface area (Å²) >= 11 is 0. The Morgan fingerprint density at radius 3 is 2.67 bits per heavy atom. The van der Waals surface area contributed by atoms with Crippen molar-refractivity contribution in [1.82, 2.24) is 10.2 Å². The van der Waals surface area contributed by atoms with Crippen LogP contribution < -0.4 is 15.4 Å². The van der Waals surface area contributed by atoms with E-state index in [1.807, 2.05) is 11.8 Å². The van der Waals surface area contributed by atoms with Crippen LogP contribution in [0.5, 0.6) is 5.75 Å². The lowest BCUT2D eigenvalue weighted by Crippen LogP contribution is -2.55. The maximum Gasteiger partial charge on any atom is 0.319 e. The number of hydrogen-bond donors (Lipinski definition) is 3. The summed E-state index contributed by atoms with van der Waals surface area (Å²) in [7, 11) is 0. The second-order valence-electron chi connectivity index (χ2n) is 6.22. The number of rotatable bonds is 9. The average molecular weight is 389 g/mol. The number of likely N-dealkylation sites (N-methyl/N-ethyl adjacent to an activating group) is 1. The summed E-state index contributed by atoms with van der Waals surface area (Å²) in [6.07, 6.45) is -1.52. The van der Waals surface area contributed by atoms with E-state index in [1.54, 1.807) is 0 Å². The number of urea groups is 1. The summed E-state index contributed by atoms with van der Waals surface area (Å²) in [6, 6.07) is 2.59. The van der Waals surface area contributed by atoms with Gasteiger partial charge in [-0.1, -0.05) is 6.92 Å².